The smallest absolute Gasteiger partial charge is 0.0813 e. The van der Waals surface area contributed by atoms with Crippen LogP contribution in [-0.4, -0.2) is 25.9 Å². The Morgan fingerprint density at radius 1 is 0.586 bits per heavy atom. The molecule has 0 unspecified atom stereocenters. The summed E-state index contributed by atoms with van der Waals surface area (Å²) in [5.74, 6) is 0. The lowest BCUT2D eigenvalue weighted by molar-refractivity contribution is -0.0306. The fourth-order valence-corrected chi connectivity index (χ4v) is 4.05. The van der Waals surface area contributed by atoms with Crippen molar-refractivity contribution in [3.05, 3.63) is 0 Å². The van der Waals surface area contributed by atoms with Crippen molar-refractivity contribution in [2.24, 2.45) is 5.41 Å². The van der Waals surface area contributed by atoms with E-state index in [1.807, 2.05) is 0 Å². The van der Waals surface area contributed by atoms with Crippen LogP contribution in [0.2, 0.25) is 0 Å². The zero-order chi connectivity index (χ0) is 21.6. The largest absolute Gasteiger partial charge is 0.379 e. The Kier molecular flexibility index (Phi) is 21.1. The average Bonchev–Trinajstić information content (AvgIpc) is 2.66. The van der Waals surface area contributed by atoms with Crippen LogP contribution in [0.1, 0.15) is 144 Å². The first-order chi connectivity index (χ1) is 14.0. The molecule has 2 heteroatoms. The van der Waals surface area contributed by atoms with E-state index in [0.717, 1.165) is 26.2 Å². The summed E-state index contributed by atoms with van der Waals surface area (Å²) >= 11 is 0. The minimum atomic E-state index is 0.251. The van der Waals surface area contributed by atoms with Gasteiger partial charge in [-0.3, -0.25) is 0 Å². The van der Waals surface area contributed by atoms with E-state index in [1.165, 1.54) is 103 Å². The van der Waals surface area contributed by atoms with Gasteiger partial charge >= 0.3 is 0 Å². The Morgan fingerprint density at radius 3 is 1.38 bits per heavy atom. The molecule has 0 aliphatic rings. The molecule has 0 aliphatic heterocycles. The molecule has 176 valence electrons. The van der Waals surface area contributed by atoms with Crippen LogP contribution in [0.5, 0.6) is 0 Å². The third kappa shape index (κ3) is 24.1. The van der Waals surface area contributed by atoms with Crippen molar-refractivity contribution in [1.82, 2.24) is 0 Å². The van der Waals surface area contributed by atoms with E-state index in [1.54, 1.807) is 0 Å². The van der Waals surface area contributed by atoms with Gasteiger partial charge in [0.15, 0.2) is 0 Å². The summed E-state index contributed by atoms with van der Waals surface area (Å²) in [6.45, 7) is 13.6. The molecule has 0 aromatic carbocycles. The highest BCUT2D eigenvalue weighted by molar-refractivity contribution is 4.69. The zero-order valence-corrected chi connectivity index (χ0v) is 21.0. The Morgan fingerprint density at radius 2 is 1.00 bits per heavy atom. The highest BCUT2D eigenvalue weighted by Gasteiger charge is 2.19. The van der Waals surface area contributed by atoms with Crippen molar-refractivity contribution in [3.63, 3.8) is 0 Å². The van der Waals surface area contributed by atoms with Crippen molar-refractivity contribution in [1.29, 1.82) is 0 Å². The lowest BCUT2D eigenvalue weighted by atomic mass is 9.89. The Labute approximate surface area is 184 Å². The first kappa shape index (κ1) is 28.9. The molecule has 2 nitrogen and oxygen atoms in total. The number of hydrogen-bond donors (Lipinski definition) is 0. The number of rotatable bonds is 22. The summed E-state index contributed by atoms with van der Waals surface area (Å²) in [6.07, 6.45) is 23.9. The van der Waals surface area contributed by atoms with Gasteiger partial charge in [-0.1, -0.05) is 124 Å². The molecule has 0 spiro atoms. The Bertz CT molecular complexity index is 308. The van der Waals surface area contributed by atoms with Crippen LogP contribution in [0.25, 0.3) is 0 Å². The zero-order valence-electron chi connectivity index (χ0n) is 21.0. The highest BCUT2D eigenvalue weighted by atomic mass is 16.5. The van der Waals surface area contributed by atoms with E-state index in [4.69, 9.17) is 9.47 Å². The highest BCUT2D eigenvalue weighted by Crippen LogP contribution is 2.22. The van der Waals surface area contributed by atoms with Crippen LogP contribution in [0.15, 0.2) is 0 Å². The van der Waals surface area contributed by atoms with Crippen LogP contribution in [-0.2, 0) is 9.47 Å². The lowest BCUT2D eigenvalue weighted by Crippen LogP contribution is -2.26. The van der Waals surface area contributed by atoms with Gasteiger partial charge in [0, 0.05) is 13.2 Å². The molecule has 1 atom stereocenters. The molecule has 0 N–H and O–H groups in total. The summed E-state index contributed by atoms with van der Waals surface area (Å²) in [5, 5.41) is 0. The summed E-state index contributed by atoms with van der Waals surface area (Å²) in [4.78, 5) is 0. The van der Waals surface area contributed by atoms with Gasteiger partial charge in [0.2, 0.25) is 0 Å². The fraction of sp³-hybridized carbons (Fsp3) is 1.00. The molecule has 0 radical (unpaired) electrons. The number of hydrogen-bond acceptors (Lipinski definition) is 2. The SMILES string of the molecule is CCCCCCCCCCCCCCCCCCOC[C@H](CC(C)(C)C)OCC. The summed E-state index contributed by atoms with van der Waals surface area (Å²) in [7, 11) is 0. The molecule has 0 rings (SSSR count). The van der Waals surface area contributed by atoms with Gasteiger partial charge in [0.05, 0.1) is 12.7 Å². The van der Waals surface area contributed by atoms with E-state index in [-0.39, 0.29) is 6.10 Å². The van der Waals surface area contributed by atoms with Crippen LogP contribution < -0.4 is 0 Å². The molecule has 0 saturated heterocycles. The molecular formula is C27H56O2. The molecule has 0 saturated carbocycles. The number of ether oxygens (including phenoxy) is 2. The van der Waals surface area contributed by atoms with Gasteiger partial charge in [0.1, 0.15) is 0 Å². The van der Waals surface area contributed by atoms with Gasteiger partial charge in [-0.25, -0.2) is 0 Å². The normalized spacial score (nSPS) is 13.1. The second-order valence-electron chi connectivity index (χ2n) is 10.2. The molecule has 0 amide bonds. The van der Waals surface area contributed by atoms with Crippen molar-refractivity contribution >= 4 is 0 Å². The van der Waals surface area contributed by atoms with Crippen molar-refractivity contribution in [3.8, 4) is 0 Å². The van der Waals surface area contributed by atoms with Gasteiger partial charge < -0.3 is 9.47 Å². The van der Waals surface area contributed by atoms with Crippen LogP contribution in [0.4, 0.5) is 0 Å². The third-order valence-electron chi connectivity index (χ3n) is 5.69. The van der Waals surface area contributed by atoms with E-state index in [0.29, 0.717) is 5.41 Å². The van der Waals surface area contributed by atoms with Crippen LogP contribution in [0.3, 0.4) is 0 Å². The van der Waals surface area contributed by atoms with E-state index in [2.05, 4.69) is 34.6 Å². The van der Waals surface area contributed by atoms with Gasteiger partial charge in [-0.05, 0) is 25.2 Å². The first-order valence-electron chi connectivity index (χ1n) is 13.2. The number of unbranched alkanes of at least 4 members (excludes halogenated alkanes) is 15. The second-order valence-corrected chi connectivity index (χ2v) is 10.2. The fourth-order valence-electron chi connectivity index (χ4n) is 4.05. The molecular weight excluding hydrogens is 356 g/mol. The molecule has 0 fully saturated rings. The van der Waals surface area contributed by atoms with E-state index >= 15 is 0 Å². The van der Waals surface area contributed by atoms with Gasteiger partial charge in [-0.2, -0.15) is 0 Å². The minimum absolute atomic E-state index is 0.251. The predicted octanol–water partition coefficient (Wildman–Crippen LogP) is 9.11. The second kappa shape index (κ2) is 21.2. The molecule has 0 aliphatic carbocycles. The van der Waals surface area contributed by atoms with E-state index in [9.17, 15) is 0 Å². The van der Waals surface area contributed by atoms with Crippen molar-refractivity contribution in [2.75, 3.05) is 19.8 Å². The summed E-state index contributed by atoms with van der Waals surface area (Å²) in [5.41, 5.74) is 0.303. The molecule has 0 aromatic heterocycles. The molecule has 0 aromatic rings. The third-order valence-corrected chi connectivity index (χ3v) is 5.69. The van der Waals surface area contributed by atoms with Crippen molar-refractivity contribution in [2.45, 2.75) is 150 Å². The molecule has 29 heavy (non-hydrogen) atoms. The maximum Gasteiger partial charge on any atom is 0.0813 e. The van der Waals surface area contributed by atoms with E-state index < -0.39 is 0 Å². The standard InChI is InChI=1S/C27H56O2/c1-6-8-9-10-11-12-13-14-15-16-17-18-19-20-21-22-23-28-25-26(29-7-2)24-27(3,4)5/h26H,6-25H2,1-5H3/t26-/m0/s1. The molecule has 0 bridgehead atoms. The maximum absolute atomic E-state index is 5.89. The van der Waals surface area contributed by atoms with Gasteiger partial charge in [0.25, 0.3) is 0 Å². The predicted molar refractivity (Wildman–Crippen MR) is 130 cm³/mol. The topological polar surface area (TPSA) is 18.5 Å². The Balaban J connectivity index is 3.27. The van der Waals surface area contributed by atoms with Crippen LogP contribution in [0, 0.1) is 5.41 Å². The maximum atomic E-state index is 5.89. The summed E-state index contributed by atoms with van der Waals surface area (Å²) < 4.78 is 11.7. The van der Waals surface area contributed by atoms with Crippen molar-refractivity contribution < 1.29 is 9.47 Å². The first-order valence-corrected chi connectivity index (χ1v) is 13.2. The summed E-state index contributed by atoms with van der Waals surface area (Å²) in [6, 6.07) is 0. The minimum Gasteiger partial charge on any atom is -0.379 e. The monoisotopic (exact) mass is 412 g/mol. The molecule has 0 heterocycles. The average molecular weight is 413 g/mol. The Hall–Kier alpha value is -0.0800. The lowest BCUT2D eigenvalue weighted by Gasteiger charge is -2.25. The van der Waals surface area contributed by atoms with Gasteiger partial charge in [-0.15, -0.1) is 0 Å². The quantitative estimate of drug-likeness (QED) is 0.165. The van der Waals surface area contributed by atoms with Crippen LogP contribution >= 0.6 is 0 Å².